The lowest BCUT2D eigenvalue weighted by Gasteiger charge is -2.08. The second kappa shape index (κ2) is 4.34. The van der Waals surface area contributed by atoms with Gasteiger partial charge in [0, 0.05) is 24.3 Å². The third-order valence-electron chi connectivity index (χ3n) is 3.79. The van der Waals surface area contributed by atoms with Crippen molar-refractivity contribution in [2.24, 2.45) is 0 Å². The molecule has 0 saturated heterocycles. The molecule has 0 atom stereocenters. The second-order valence-corrected chi connectivity index (χ2v) is 5.42. The lowest BCUT2D eigenvalue weighted by molar-refractivity contribution is 0.715. The van der Waals surface area contributed by atoms with Crippen LogP contribution in [0.3, 0.4) is 0 Å². The van der Waals surface area contributed by atoms with E-state index in [4.69, 9.17) is 10.7 Å². The maximum atomic E-state index is 5.86. The Morgan fingerprint density at radius 1 is 1.25 bits per heavy atom. The number of hydrogen-bond acceptors (Lipinski definition) is 3. The van der Waals surface area contributed by atoms with Gasteiger partial charge < -0.3 is 10.3 Å². The topological polar surface area (TPSA) is 56.7 Å². The third-order valence-corrected chi connectivity index (χ3v) is 3.79. The molecule has 0 spiro atoms. The smallest absolute Gasteiger partial charge is 0.114 e. The fourth-order valence-corrected chi connectivity index (χ4v) is 2.75. The average molecular weight is 264 g/mol. The normalized spacial score (nSPS) is 14.8. The SMILES string of the molecule is Nc1cccc(Cc2nc3cnccc3n2C2CC2)c1. The van der Waals surface area contributed by atoms with Crippen LogP contribution in [0.2, 0.25) is 0 Å². The van der Waals surface area contributed by atoms with Gasteiger partial charge in [-0.15, -0.1) is 0 Å². The Labute approximate surface area is 117 Å². The Kier molecular flexibility index (Phi) is 2.49. The number of nitrogens with zero attached hydrogens (tertiary/aromatic N) is 3. The average Bonchev–Trinajstić information content (AvgIpc) is 3.20. The summed E-state index contributed by atoms with van der Waals surface area (Å²) in [5.74, 6) is 1.11. The van der Waals surface area contributed by atoms with Gasteiger partial charge in [0.1, 0.15) is 11.3 Å². The first kappa shape index (κ1) is 11.5. The summed E-state index contributed by atoms with van der Waals surface area (Å²) < 4.78 is 2.38. The maximum absolute atomic E-state index is 5.86. The van der Waals surface area contributed by atoms with Crippen LogP contribution in [0.15, 0.2) is 42.7 Å². The fraction of sp³-hybridized carbons (Fsp3) is 0.250. The number of benzene rings is 1. The highest BCUT2D eigenvalue weighted by Crippen LogP contribution is 2.38. The molecule has 100 valence electrons. The first-order valence-electron chi connectivity index (χ1n) is 6.96. The molecule has 0 bridgehead atoms. The third kappa shape index (κ3) is 1.93. The van der Waals surface area contributed by atoms with E-state index in [0.717, 1.165) is 23.4 Å². The molecule has 1 aliphatic rings. The molecule has 1 saturated carbocycles. The van der Waals surface area contributed by atoms with Crippen LogP contribution >= 0.6 is 0 Å². The van der Waals surface area contributed by atoms with Gasteiger partial charge in [-0.3, -0.25) is 4.98 Å². The van der Waals surface area contributed by atoms with E-state index in [1.807, 2.05) is 30.6 Å². The molecule has 2 N–H and O–H groups in total. The van der Waals surface area contributed by atoms with E-state index in [1.54, 1.807) is 0 Å². The Hall–Kier alpha value is -2.36. The number of nitrogen functional groups attached to an aromatic ring is 1. The summed E-state index contributed by atoms with van der Waals surface area (Å²) in [5, 5.41) is 0. The fourth-order valence-electron chi connectivity index (χ4n) is 2.75. The molecule has 4 heteroatoms. The largest absolute Gasteiger partial charge is 0.399 e. The van der Waals surface area contributed by atoms with Crippen LogP contribution in [-0.4, -0.2) is 14.5 Å². The van der Waals surface area contributed by atoms with E-state index < -0.39 is 0 Å². The molecule has 0 aliphatic heterocycles. The summed E-state index contributed by atoms with van der Waals surface area (Å²) in [6, 6.07) is 10.7. The molecule has 0 radical (unpaired) electrons. The van der Waals surface area contributed by atoms with Crippen molar-refractivity contribution in [3.05, 3.63) is 54.1 Å². The number of imidazole rings is 1. The number of anilines is 1. The Morgan fingerprint density at radius 3 is 2.95 bits per heavy atom. The Bertz CT molecular complexity index is 771. The summed E-state index contributed by atoms with van der Waals surface area (Å²) in [7, 11) is 0. The minimum Gasteiger partial charge on any atom is -0.399 e. The van der Waals surface area contributed by atoms with Crippen LogP contribution in [0.5, 0.6) is 0 Å². The number of rotatable bonds is 3. The van der Waals surface area contributed by atoms with Crippen molar-refractivity contribution in [2.75, 3.05) is 5.73 Å². The first-order valence-corrected chi connectivity index (χ1v) is 6.96. The predicted molar refractivity (Wildman–Crippen MR) is 79.5 cm³/mol. The summed E-state index contributed by atoms with van der Waals surface area (Å²) in [5.41, 5.74) is 10.0. The molecule has 3 aromatic rings. The van der Waals surface area contributed by atoms with Gasteiger partial charge in [0.25, 0.3) is 0 Å². The molecule has 2 aromatic heterocycles. The quantitative estimate of drug-likeness (QED) is 0.740. The molecular weight excluding hydrogens is 248 g/mol. The van der Waals surface area contributed by atoms with Gasteiger partial charge in [-0.2, -0.15) is 0 Å². The number of fused-ring (bicyclic) bond motifs is 1. The lowest BCUT2D eigenvalue weighted by Crippen LogP contribution is -2.02. The molecule has 0 unspecified atom stereocenters. The van der Waals surface area contributed by atoms with E-state index in [-0.39, 0.29) is 0 Å². The van der Waals surface area contributed by atoms with Crippen molar-refractivity contribution in [1.29, 1.82) is 0 Å². The van der Waals surface area contributed by atoms with Crippen LogP contribution in [0, 0.1) is 0 Å². The molecular formula is C16H16N4. The number of nitrogens with two attached hydrogens (primary N) is 1. The number of aromatic nitrogens is 3. The van der Waals surface area contributed by atoms with Crippen molar-refractivity contribution < 1.29 is 0 Å². The van der Waals surface area contributed by atoms with E-state index in [0.29, 0.717) is 6.04 Å². The van der Waals surface area contributed by atoms with E-state index >= 15 is 0 Å². The molecule has 4 rings (SSSR count). The van der Waals surface area contributed by atoms with Gasteiger partial charge in [0.05, 0.1) is 11.7 Å². The van der Waals surface area contributed by atoms with Gasteiger partial charge >= 0.3 is 0 Å². The first-order chi connectivity index (χ1) is 9.81. The zero-order valence-electron chi connectivity index (χ0n) is 11.2. The van der Waals surface area contributed by atoms with Crippen LogP contribution in [0.1, 0.15) is 30.3 Å². The summed E-state index contributed by atoms with van der Waals surface area (Å²) in [4.78, 5) is 8.93. The van der Waals surface area contributed by atoms with Gasteiger partial charge in [-0.05, 0) is 36.6 Å². The Morgan fingerprint density at radius 2 is 2.15 bits per heavy atom. The lowest BCUT2D eigenvalue weighted by atomic mass is 10.1. The highest BCUT2D eigenvalue weighted by Gasteiger charge is 2.28. The van der Waals surface area contributed by atoms with Gasteiger partial charge in [0.2, 0.25) is 0 Å². The van der Waals surface area contributed by atoms with E-state index in [9.17, 15) is 0 Å². The van der Waals surface area contributed by atoms with Crippen molar-refractivity contribution in [3.8, 4) is 0 Å². The summed E-state index contributed by atoms with van der Waals surface area (Å²) >= 11 is 0. The zero-order chi connectivity index (χ0) is 13.5. The highest BCUT2D eigenvalue weighted by atomic mass is 15.1. The summed E-state index contributed by atoms with van der Waals surface area (Å²) in [6.07, 6.45) is 7.00. The van der Waals surface area contributed by atoms with Gasteiger partial charge in [0.15, 0.2) is 0 Å². The van der Waals surface area contributed by atoms with Crippen LogP contribution in [0.25, 0.3) is 11.0 Å². The second-order valence-electron chi connectivity index (χ2n) is 5.42. The predicted octanol–water partition coefficient (Wildman–Crippen LogP) is 2.94. The van der Waals surface area contributed by atoms with Crippen LogP contribution < -0.4 is 5.73 Å². The summed E-state index contributed by atoms with van der Waals surface area (Å²) in [6.45, 7) is 0. The number of pyridine rings is 1. The molecule has 0 amide bonds. The molecule has 2 heterocycles. The van der Waals surface area contributed by atoms with Gasteiger partial charge in [-0.25, -0.2) is 4.98 Å². The van der Waals surface area contributed by atoms with Crippen molar-refractivity contribution in [3.63, 3.8) is 0 Å². The molecule has 20 heavy (non-hydrogen) atoms. The monoisotopic (exact) mass is 264 g/mol. The number of hydrogen-bond donors (Lipinski definition) is 1. The molecule has 4 nitrogen and oxygen atoms in total. The van der Waals surface area contributed by atoms with Crippen molar-refractivity contribution in [1.82, 2.24) is 14.5 Å². The van der Waals surface area contributed by atoms with E-state index in [1.165, 1.54) is 23.9 Å². The highest BCUT2D eigenvalue weighted by molar-refractivity contribution is 5.75. The standard InChI is InChI=1S/C16H16N4/c17-12-3-1-2-11(8-12)9-16-19-14-10-18-7-6-15(14)20(16)13-4-5-13/h1-3,6-8,10,13H,4-5,9,17H2. The minimum absolute atomic E-state index is 0.610. The zero-order valence-corrected chi connectivity index (χ0v) is 11.2. The molecule has 1 aromatic carbocycles. The van der Waals surface area contributed by atoms with Crippen LogP contribution in [-0.2, 0) is 6.42 Å². The Balaban J connectivity index is 1.81. The molecule has 1 aliphatic carbocycles. The van der Waals surface area contributed by atoms with Crippen molar-refractivity contribution >= 4 is 16.7 Å². The maximum Gasteiger partial charge on any atom is 0.114 e. The molecule has 1 fully saturated rings. The van der Waals surface area contributed by atoms with E-state index in [2.05, 4.69) is 21.7 Å². The van der Waals surface area contributed by atoms with Gasteiger partial charge in [-0.1, -0.05) is 12.1 Å². The van der Waals surface area contributed by atoms with Crippen molar-refractivity contribution in [2.45, 2.75) is 25.3 Å². The minimum atomic E-state index is 0.610. The van der Waals surface area contributed by atoms with Crippen LogP contribution in [0.4, 0.5) is 5.69 Å².